The van der Waals surface area contributed by atoms with Crippen LogP contribution in [0.15, 0.2) is 6.20 Å². The van der Waals surface area contributed by atoms with Gasteiger partial charge in [0.15, 0.2) is 0 Å². The first kappa shape index (κ1) is 13.1. The first-order valence-corrected chi connectivity index (χ1v) is 7.34. The SMILES string of the molecule is CN1CCN(CCc2ncc3n2CCC(O)C3)CC1. The lowest BCUT2D eigenvalue weighted by atomic mass is 10.1. The van der Waals surface area contributed by atoms with E-state index >= 15 is 0 Å². The van der Waals surface area contributed by atoms with Crippen LogP contribution in [0.4, 0.5) is 0 Å². The average Bonchev–Trinajstić information content (AvgIpc) is 2.80. The van der Waals surface area contributed by atoms with Crippen LogP contribution < -0.4 is 0 Å². The van der Waals surface area contributed by atoms with E-state index in [1.54, 1.807) is 0 Å². The third kappa shape index (κ3) is 2.99. The Bertz CT molecular complexity index is 423. The van der Waals surface area contributed by atoms with Crippen molar-refractivity contribution in [1.82, 2.24) is 19.4 Å². The lowest BCUT2D eigenvalue weighted by Crippen LogP contribution is -2.45. The third-order valence-electron chi connectivity index (χ3n) is 4.40. The highest BCUT2D eigenvalue weighted by molar-refractivity contribution is 5.09. The topological polar surface area (TPSA) is 44.5 Å². The van der Waals surface area contributed by atoms with Crippen LogP contribution in [-0.2, 0) is 19.4 Å². The van der Waals surface area contributed by atoms with Crippen LogP contribution in [0.25, 0.3) is 0 Å². The van der Waals surface area contributed by atoms with Crippen molar-refractivity contribution < 1.29 is 5.11 Å². The zero-order valence-electron chi connectivity index (χ0n) is 11.8. The number of hydrogen-bond donors (Lipinski definition) is 1. The van der Waals surface area contributed by atoms with Gasteiger partial charge in [-0.15, -0.1) is 0 Å². The maximum Gasteiger partial charge on any atom is 0.110 e. The van der Waals surface area contributed by atoms with E-state index in [1.807, 2.05) is 6.20 Å². The first-order valence-electron chi connectivity index (χ1n) is 7.34. The van der Waals surface area contributed by atoms with Gasteiger partial charge < -0.3 is 19.5 Å². The Morgan fingerprint density at radius 2 is 2.05 bits per heavy atom. The van der Waals surface area contributed by atoms with Crippen molar-refractivity contribution in [3.63, 3.8) is 0 Å². The van der Waals surface area contributed by atoms with Gasteiger partial charge in [0, 0.05) is 64.0 Å². The summed E-state index contributed by atoms with van der Waals surface area (Å²) in [5.74, 6) is 1.20. The Labute approximate surface area is 114 Å². The monoisotopic (exact) mass is 264 g/mol. The number of piperazine rings is 1. The maximum atomic E-state index is 9.67. The van der Waals surface area contributed by atoms with Crippen LogP contribution in [0, 0.1) is 0 Å². The van der Waals surface area contributed by atoms with Gasteiger partial charge in [-0.1, -0.05) is 0 Å². The Balaban J connectivity index is 1.56. The molecular weight excluding hydrogens is 240 g/mol. The molecule has 5 nitrogen and oxygen atoms in total. The molecule has 5 heteroatoms. The summed E-state index contributed by atoms with van der Waals surface area (Å²) in [5, 5.41) is 9.67. The molecule has 1 atom stereocenters. The second-order valence-corrected chi connectivity index (χ2v) is 5.86. The molecule has 0 aliphatic carbocycles. The zero-order valence-corrected chi connectivity index (χ0v) is 11.8. The number of nitrogens with zero attached hydrogens (tertiary/aromatic N) is 4. The molecule has 0 bridgehead atoms. The summed E-state index contributed by atoms with van der Waals surface area (Å²) in [5.41, 5.74) is 1.20. The van der Waals surface area contributed by atoms with Crippen LogP contribution in [0.3, 0.4) is 0 Å². The molecule has 1 saturated heterocycles. The third-order valence-corrected chi connectivity index (χ3v) is 4.40. The zero-order chi connectivity index (χ0) is 13.2. The number of imidazole rings is 1. The fraction of sp³-hybridized carbons (Fsp3) is 0.786. The molecule has 19 heavy (non-hydrogen) atoms. The first-order chi connectivity index (χ1) is 9.22. The molecule has 1 N–H and O–H groups in total. The van der Waals surface area contributed by atoms with E-state index in [2.05, 4.69) is 26.4 Å². The molecule has 3 rings (SSSR count). The maximum absolute atomic E-state index is 9.67. The van der Waals surface area contributed by atoms with Crippen molar-refractivity contribution in [3.8, 4) is 0 Å². The van der Waals surface area contributed by atoms with Crippen molar-refractivity contribution in [2.45, 2.75) is 31.9 Å². The van der Waals surface area contributed by atoms with E-state index in [-0.39, 0.29) is 6.10 Å². The van der Waals surface area contributed by atoms with Gasteiger partial charge >= 0.3 is 0 Å². The number of aromatic nitrogens is 2. The number of fused-ring (bicyclic) bond motifs is 1. The van der Waals surface area contributed by atoms with Gasteiger partial charge in [0.2, 0.25) is 0 Å². The molecule has 2 aliphatic heterocycles. The van der Waals surface area contributed by atoms with Crippen molar-refractivity contribution in [2.24, 2.45) is 0 Å². The van der Waals surface area contributed by atoms with E-state index in [1.165, 1.54) is 37.7 Å². The lowest BCUT2D eigenvalue weighted by molar-refractivity contribution is 0.141. The fourth-order valence-corrected chi connectivity index (χ4v) is 3.04. The molecule has 3 heterocycles. The van der Waals surface area contributed by atoms with E-state index in [0.29, 0.717) is 0 Å². The summed E-state index contributed by atoms with van der Waals surface area (Å²) in [6, 6.07) is 0. The normalized spacial score (nSPS) is 25.5. The highest BCUT2D eigenvalue weighted by Gasteiger charge is 2.20. The molecule has 0 saturated carbocycles. The Hall–Kier alpha value is -0.910. The van der Waals surface area contributed by atoms with Crippen LogP contribution >= 0.6 is 0 Å². The average molecular weight is 264 g/mol. The molecular formula is C14H24N4O. The Morgan fingerprint density at radius 1 is 1.26 bits per heavy atom. The number of aliphatic hydroxyl groups excluding tert-OH is 1. The summed E-state index contributed by atoms with van der Waals surface area (Å²) in [6.45, 7) is 6.71. The number of hydrogen-bond acceptors (Lipinski definition) is 4. The molecule has 1 fully saturated rings. The van der Waals surface area contributed by atoms with E-state index in [4.69, 9.17) is 0 Å². The summed E-state index contributed by atoms with van der Waals surface area (Å²) >= 11 is 0. The summed E-state index contributed by atoms with van der Waals surface area (Å²) in [7, 11) is 2.19. The second-order valence-electron chi connectivity index (χ2n) is 5.86. The van der Waals surface area contributed by atoms with Gasteiger partial charge in [0.1, 0.15) is 5.82 Å². The van der Waals surface area contributed by atoms with Gasteiger partial charge in [-0.3, -0.25) is 0 Å². The van der Waals surface area contributed by atoms with Gasteiger partial charge in [-0.2, -0.15) is 0 Å². The molecule has 2 aliphatic rings. The molecule has 0 spiro atoms. The second kappa shape index (κ2) is 5.61. The number of rotatable bonds is 3. The standard InChI is InChI=1S/C14H24N4O/c1-16-6-8-17(9-7-16)4-3-14-15-11-12-10-13(19)2-5-18(12)14/h11,13,19H,2-10H2,1H3. The lowest BCUT2D eigenvalue weighted by Gasteiger charge is -2.32. The molecule has 1 aromatic rings. The quantitative estimate of drug-likeness (QED) is 0.833. The van der Waals surface area contributed by atoms with Gasteiger partial charge in [0.25, 0.3) is 0 Å². The fourth-order valence-electron chi connectivity index (χ4n) is 3.04. The van der Waals surface area contributed by atoms with Crippen molar-refractivity contribution in [2.75, 3.05) is 39.8 Å². The van der Waals surface area contributed by atoms with Crippen molar-refractivity contribution in [1.29, 1.82) is 0 Å². The number of aliphatic hydroxyl groups is 1. The molecule has 1 aromatic heterocycles. The molecule has 106 valence electrons. The van der Waals surface area contributed by atoms with Crippen LogP contribution in [0.2, 0.25) is 0 Å². The Morgan fingerprint density at radius 3 is 2.84 bits per heavy atom. The van der Waals surface area contributed by atoms with Crippen LogP contribution in [0.5, 0.6) is 0 Å². The minimum atomic E-state index is -0.172. The highest BCUT2D eigenvalue weighted by Crippen LogP contribution is 2.17. The van der Waals surface area contributed by atoms with Crippen LogP contribution in [0.1, 0.15) is 17.9 Å². The van der Waals surface area contributed by atoms with Gasteiger partial charge in [-0.25, -0.2) is 4.98 Å². The summed E-state index contributed by atoms with van der Waals surface area (Å²) in [6.07, 6.45) is 4.43. The largest absolute Gasteiger partial charge is 0.393 e. The minimum absolute atomic E-state index is 0.172. The summed E-state index contributed by atoms with van der Waals surface area (Å²) in [4.78, 5) is 9.46. The van der Waals surface area contributed by atoms with Crippen LogP contribution in [-0.4, -0.2) is 70.3 Å². The predicted octanol–water partition coefficient (Wildman–Crippen LogP) is -0.0199. The van der Waals surface area contributed by atoms with E-state index in [0.717, 1.165) is 32.4 Å². The predicted molar refractivity (Wildman–Crippen MR) is 74.2 cm³/mol. The number of likely N-dealkylation sites (N-methyl/N-ethyl adjacent to an activating group) is 1. The minimum Gasteiger partial charge on any atom is -0.393 e. The van der Waals surface area contributed by atoms with Gasteiger partial charge in [-0.05, 0) is 13.5 Å². The molecule has 0 amide bonds. The molecule has 0 aromatic carbocycles. The van der Waals surface area contributed by atoms with Gasteiger partial charge in [0.05, 0.1) is 6.10 Å². The van der Waals surface area contributed by atoms with Crippen molar-refractivity contribution >= 4 is 0 Å². The Kier molecular flexibility index (Phi) is 3.86. The summed E-state index contributed by atoms with van der Waals surface area (Å²) < 4.78 is 2.31. The van der Waals surface area contributed by atoms with E-state index < -0.39 is 0 Å². The molecule has 0 radical (unpaired) electrons. The highest BCUT2D eigenvalue weighted by atomic mass is 16.3. The smallest absolute Gasteiger partial charge is 0.110 e. The molecule has 1 unspecified atom stereocenters. The van der Waals surface area contributed by atoms with E-state index in [9.17, 15) is 5.11 Å². The van der Waals surface area contributed by atoms with Crippen molar-refractivity contribution in [3.05, 3.63) is 17.7 Å².